The number of aryl methyl sites for hydroxylation is 1. The summed E-state index contributed by atoms with van der Waals surface area (Å²) in [5.41, 5.74) is 4.22. The summed E-state index contributed by atoms with van der Waals surface area (Å²) in [7, 11) is 1.87. The van der Waals surface area contributed by atoms with Gasteiger partial charge in [-0.05, 0) is 26.0 Å². The first kappa shape index (κ1) is 18.6. The summed E-state index contributed by atoms with van der Waals surface area (Å²) in [6, 6.07) is 10.1. The topological polar surface area (TPSA) is 38.1 Å². The van der Waals surface area contributed by atoms with Crippen LogP contribution in [0.4, 0.5) is 0 Å². The molecule has 0 aliphatic heterocycles. The number of amides is 1. The molecule has 0 aliphatic carbocycles. The van der Waals surface area contributed by atoms with Gasteiger partial charge in [-0.15, -0.1) is 11.8 Å². The van der Waals surface area contributed by atoms with Gasteiger partial charge >= 0.3 is 0 Å². The SMILES string of the molecule is Cc1nn(-c2ccccc2)c(C)c1CN(C)C(=O)CSC(C)(C)C. The second kappa shape index (κ2) is 7.43. The van der Waals surface area contributed by atoms with Crippen LogP contribution in [0.2, 0.25) is 0 Å². The molecule has 0 saturated heterocycles. The summed E-state index contributed by atoms with van der Waals surface area (Å²) in [4.78, 5) is 14.2. The molecule has 1 heterocycles. The minimum Gasteiger partial charge on any atom is -0.341 e. The Bertz CT molecular complexity index is 701. The zero-order valence-corrected chi connectivity index (χ0v) is 16.3. The van der Waals surface area contributed by atoms with Crippen molar-refractivity contribution in [1.29, 1.82) is 0 Å². The Morgan fingerprint density at radius 1 is 1.21 bits per heavy atom. The van der Waals surface area contributed by atoms with Crippen LogP contribution < -0.4 is 0 Å². The van der Waals surface area contributed by atoms with Gasteiger partial charge in [-0.25, -0.2) is 4.68 Å². The van der Waals surface area contributed by atoms with E-state index >= 15 is 0 Å². The summed E-state index contributed by atoms with van der Waals surface area (Å²) in [5.74, 6) is 0.659. The smallest absolute Gasteiger partial charge is 0.232 e. The van der Waals surface area contributed by atoms with Gasteiger partial charge in [-0.3, -0.25) is 4.79 Å². The normalized spacial score (nSPS) is 11.6. The van der Waals surface area contributed by atoms with Crippen molar-refractivity contribution < 1.29 is 4.79 Å². The molecule has 0 unspecified atom stereocenters. The van der Waals surface area contributed by atoms with Crippen molar-refractivity contribution in [3.63, 3.8) is 0 Å². The largest absolute Gasteiger partial charge is 0.341 e. The standard InChI is InChI=1S/C19H27N3OS/c1-14-17(12-21(6)18(23)13-24-19(3,4)5)15(2)22(20-14)16-10-8-7-9-11-16/h7-11H,12-13H2,1-6H3. The summed E-state index contributed by atoms with van der Waals surface area (Å²) < 4.78 is 2.05. The quantitative estimate of drug-likeness (QED) is 0.823. The molecular formula is C19H27N3OS. The molecule has 4 nitrogen and oxygen atoms in total. The van der Waals surface area contributed by atoms with Crippen LogP contribution in [0.3, 0.4) is 0 Å². The van der Waals surface area contributed by atoms with Gasteiger partial charge in [0.15, 0.2) is 0 Å². The van der Waals surface area contributed by atoms with Crippen molar-refractivity contribution in [3.05, 3.63) is 47.3 Å². The second-order valence-electron chi connectivity index (χ2n) is 7.05. The lowest BCUT2D eigenvalue weighted by molar-refractivity contribution is -0.127. The zero-order chi connectivity index (χ0) is 17.9. The maximum atomic E-state index is 12.4. The van der Waals surface area contributed by atoms with E-state index in [-0.39, 0.29) is 10.7 Å². The van der Waals surface area contributed by atoms with Crippen molar-refractivity contribution >= 4 is 17.7 Å². The number of rotatable bonds is 5. The molecule has 0 radical (unpaired) electrons. The summed E-state index contributed by atoms with van der Waals surface area (Å²) in [6.45, 7) is 11.0. The third kappa shape index (κ3) is 4.63. The van der Waals surface area contributed by atoms with Crippen LogP contribution in [0.5, 0.6) is 0 Å². The number of thioether (sulfide) groups is 1. The van der Waals surface area contributed by atoms with E-state index in [1.165, 1.54) is 0 Å². The molecule has 0 bridgehead atoms. The van der Waals surface area contributed by atoms with E-state index in [4.69, 9.17) is 0 Å². The number of nitrogens with zero attached hydrogens (tertiary/aromatic N) is 3. The lowest BCUT2D eigenvalue weighted by Crippen LogP contribution is -2.29. The van der Waals surface area contributed by atoms with Gasteiger partial charge in [0.05, 0.1) is 17.1 Å². The highest BCUT2D eigenvalue weighted by atomic mass is 32.2. The number of carbonyl (C=O) groups excluding carboxylic acids is 1. The Balaban J connectivity index is 2.13. The maximum absolute atomic E-state index is 12.4. The highest BCUT2D eigenvalue weighted by molar-refractivity contribution is 8.01. The van der Waals surface area contributed by atoms with Crippen molar-refractivity contribution in [2.24, 2.45) is 0 Å². The molecule has 130 valence electrons. The van der Waals surface area contributed by atoms with Crippen LogP contribution >= 0.6 is 11.8 Å². The molecule has 1 amide bonds. The van der Waals surface area contributed by atoms with Gasteiger partial charge in [0.25, 0.3) is 0 Å². The number of hydrogen-bond acceptors (Lipinski definition) is 3. The van der Waals surface area contributed by atoms with Crippen LogP contribution in [0.15, 0.2) is 30.3 Å². The van der Waals surface area contributed by atoms with Crippen LogP contribution in [0.1, 0.15) is 37.7 Å². The fraction of sp³-hybridized carbons (Fsp3) is 0.474. The minimum absolute atomic E-state index is 0.0977. The fourth-order valence-electron chi connectivity index (χ4n) is 2.44. The summed E-state index contributed by atoms with van der Waals surface area (Å²) in [6.07, 6.45) is 0. The van der Waals surface area contributed by atoms with Gasteiger partial charge in [-0.1, -0.05) is 39.0 Å². The van der Waals surface area contributed by atoms with Crippen molar-refractivity contribution in [2.75, 3.05) is 12.8 Å². The van der Waals surface area contributed by atoms with E-state index in [9.17, 15) is 4.79 Å². The summed E-state index contributed by atoms with van der Waals surface area (Å²) >= 11 is 1.68. The van der Waals surface area contributed by atoms with Gasteiger partial charge in [0.1, 0.15) is 0 Å². The van der Waals surface area contributed by atoms with E-state index < -0.39 is 0 Å². The zero-order valence-electron chi connectivity index (χ0n) is 15.5. The third-order valence-corrected chi connectivity index (χ3v) is 5.15. The Hall–Kier alpha value is -1.75. The van der Waals surface area contributed by atoms with Crippen LogP contribution in [0.25, 0.3) is 5.69 Å². The Kier molecular flexibility index (Phi) is 5.75. The molecule has 2 rings (SSSR count). The fourth-order valence-corrected chi connectivity index (χ4v) is 3.22. The number of carbonyl (C=O) groups is 1. The van der Waals surface area contributed by atoms with E-state index in [0.717, 1.165) is 22.6 Å². The molecule has 0 spiro atoms. The molecule has 0 atom stereocenters. The molecular weight excluding hydrogens is 318 g/mol. The average Bonchev–Trinajstić information content (AvgIpc) is 2.80. The van der Waals surface area contributed by atoms with Crippen molar-refractivity contribution in [2.45, 2.75) is 45.9 Å². The van der Waals surface area contributed by atoms with Crippen molar-refractivity contribution in [1.82, 2.24) is 14.7 Å². The van der Waals surface area contributed by atoms with Crippen LogP contribution in [-0.4, -0.2) is 38.1 Å². The highest BCUT2D eigenvalue weighted by Crippen LogP contribution is 2.24. The Labute approximate surface area is 149 Å². The molecule has 2 aromatic rings. The number of aromatic nitrogens is 2. The van der Waals surface area contributed by atoms with Gasteiger partial charge in [-0.2, -0.15) is 5.10 Å². The Morgan fingerprint density at radius 2 is 1.83 bits per heavy atom. The maximum Gasteiger partial charge on any atom is 0.232 e. The second-order valence-corrected chi connectivity index (χ2v) is 8.85. The molecule has 0 saturated carbocycles. The molecule has 0 fully saturated rings. The van der Waals surface area contributed by atoms with Crippen LogP contribution in [-0.2, 0) is 11.3 Å². The monoisotopic (exact) mass is 345 g/mol. The number of benzene rings is 1. The van der Waals surface area contributed by atoms with E-state index in [0.29, 0.717) is 12.3 Å². The minimum atomic E-state index is 0.0977. The molecule has 0 N–H and O–H groups in total. The van der Waals surface area contributed by atoms with Gasteiger partial charge in [0, 0.05) is 29.6 Å². The molecule has 24 heavy (non-hydrogen) atoms. The first-order valence-corrected chi connectivity index (χ1v) is 9.16. The third-order valence-electron chi connectivity index (χ3n) is 3.89. The highest BCUT2D eigenvalue weighted by Gasteiger charge is 2.19. The lowest BCUT2D eigenvalue weighted by Gasteiger charge is -2.21. The lowest BCUT2D eigenvalue weighted by atomic mass is 10.2. The molecule has 1 aromatic carbocycles. The Morgan fingerprint density at radius 3 is 2.42 bits per heavy atom. The van der Waals surface area contributed by atoms with Crippen LogP contribution in [0, 0.1) is 13.8 Å². The number of para-hydroxylation sites is 1. The van der Waals surface area contributed by atoms with Crippen molar-refractivity contribution in [3.8, 4) is 5.69 Å². The first-order valence-electron chi connectivity index (χ1n) is 8.17. The predicted octanol–water partition coefficient (Wildman–Crippen LogP) is 3.98. The van der Waals surface area contributed by atoms with E-state index in [1.54, 1.807) is 16.7 Å². The number of hydrogen-bond donors (Lipinski definition) is 0. The van der Waals surface area contributed by atoms with Gasteiger partial charge < -0.3 is 4.90 Å². The van der Waals surface area contributed by atoms with E-state index in [1.807, 2.05) is 49.0 Å². The average molecular weight is 346 g/mol. The predicted molar refractivity (Wildman–Crippen MR) is 102 cm³/mol. The van der Waals surface area contributed by atoms with Gasteiger partial charge in [0.2, 0.25) is 5.91 Å². The molecule has 1 aromatic heterocycles. The van der Waals surface area contributed by atoms with E-state index in [2.05, 4.69) is 32.8 Å². The summed E-state index contributed by atoms with van der Waals surface area (Å²) in [5, 5.41) is 4.65. The first-order chi connectivity index (χ1) is 11.2. The molecule has 0 aliphatic rings. The molecule has 5 heteroatoms.